The first-order valence-corrected chi connectivity index (χ1v) is 2.36. The Bertz CT molecular complexity index is 37.8. The Kier molecular flexibility index (Phi) is 4.28. The zero-order valence-electron chi connectivity index (χ0n) is 5.60. The molecule has 2 heteroatoms. The number of hydrogen-bond acceptors (Lipinski definition) is 1. The van der Waals surface area contributed by atoms with Gasteiger partial charge in [0.1, 0.15) is 0 Å². The summed E-state index contributed by atoms with van der Waals surface area (Å²) in [7, 11) is 6.54. The Morgan fingerprint density at radius 2 is 1.29 bits per heavy atom. The van der Waals surface area contributed by atoms with Crippen molar-refractivity contribution in [3.05, 3.63) is 0 Å². The zero-order valence-corrected chi connectivity index (χ0v) is 5.60. The molecule has 2 nitrogen and oxygen atoms in total. The van der Waals surface area contributed by atoms with Crippen LogP contribution >= 0.6 is 0 Å². The number of hydrogen-bond donors (Lipinski definition) is 0. The lowest BCUT2D eigenvalue weighted by molar-refractivity contribution is -0.868. The van der Waals surface area contributed by atoms with Gasteiger partial charge in [-0.15, -0.1) is 0 Å². The van der Waals surface area contributed by atoms with E-state index in [1.165, 1.54) is 6.54 Å². The van der Waals surface area contributed by atoms with Crippen LogP contribution in [-0.2, 0) is 0 Å². The van der Waals surface area contributed by atoms with Gasteiger partial charge >= 0.3 is 0 Å². The predicted octanol–water partition coefficient (Wildman–Crippen LogP) is 0.536. The molecule has 1 N–H and O–H groups in total. The molecule has 0 amide bonds. The van der Waals surface area contributed by atoms with Gasteiger partial charge in [0.25, 0.3) is 0 Å². The third-order valence-electron chi connectivity index (χ3n) is 0.949. The van der Waals surface area contributed by atoms with Crippen LogP contribution in [0, 0.1) is 0 Å². The molecule has 0 aliphatic rings. The van der Waals surface area contributed by atoms with Gasteiger partial charge < -0.3 is 9.96 Å². The molecule has 46 valence electrons. The van der Waals surface area contributed by atoms with Crippen molar-refractivity contribution in [3.8, 4) is 0 Å². The van der Waals surface area contributed by atoms with E-state index >= 15 is 0 Å². The Morgan fingerprint density at radius 3 is 1.29 bits per heavy atom. The summed E-state index contributed by atoms with van der Waals surface area (Å²) in [6.07, 6.45) is 0. The Labute approximate surface area is 45.6 Å². The van der Waals surface area contributed by atoms with Crippen LogP contribution in [0.15, 0.2) is 0 Å². The highest BCUT2D eigenvalue weighted by Gasteiger charge is 1.97. The zero-order chi connectivity index (χ0) is 5.21. The Morgan fingerprint density at radius 1 is 1.14 bits per heavy atom. The molecule has 0 atom stereocenters. The van der Waals surface area contributed by atoms with Gasteiger partial charge in [-0.2, -0.15) is 0 Å². The molecule has 0 saturated heterocycles. The van der Waals surface area contributed by atoms with Crippen LogP contribution in [0.5, 0.6) is 0 Å². The van der Waals surface area contributed by atoms with Crippen molar-refractivity contribution < 1.29 is 9.96 Å². The summed E-state index contributed by atoms with van der Waals surface area (Å²) in [6, 6.07) is 0. The standard InChI is InChI=1S/C5H14N.H2O/c1-5-6(2,3)4;/h5H2,1-4H3;1H2/q+1;/p-1. The lowest BCUT2D eigenvalue weighted by Crippen LogP contribution is -2.33. The molecule has 0 bridgehead atoms. The first-order valence-electron chi connectivity index (χ1n) is 2.36. The van der Waals surface area contributed by atoms with E-state index in [-0.39, 0.29) is 5.48 Å². The average molecular weight is 105 g/mol. The number of rotatable bonds is 1. The van der Waals surface area contributed by atoms with Crippen molar-refractivity contribution in [2.75, 3.05) is 27.7 Å². The van der Waals surface area contributed by atoms with E-state index in [2.05, 4.69) is 28.1 Å². The normalized spacial score (nSPS) is 10.3. The highest BCUT2D eigenvalue weighted by Crippen LogP contribution is 1.83. The lowest BCUT2D eigenvalue weighted by Gasteiger charge is -2.20. The Balaban J connectivity index is 0. The molecule has 0 aromatic heterocycles. The fourth-order valence-electron chi connectivity index (χ4n) is 0. The minimum absolute atomic E-state index is 0. The maximum Gasteiger partial charge on any atom is 0.0751 e. The molecular weight excluding hydrogens is 90.1 g/mol. The molecule has 0 rings (SSSR count). The molecular formula is C5H15NO. The molecule has 0 heterocycles. The molecule has 0 unspecified atom stereocenters. The van der Waals surface area contributed by atoms with Crippen LogP contribution < -0.4 is 0 Å². The summed E-state index contributed by atoms with van der Waals surface area (Å²) in [6.45, 7) is 3.39. The summed E-state index contributed by atoms with van der Waals surface area (Å²) in [5.74, 6) is 0. The average Bonchev–Trinajstić information content (AvgIpc) is 1.35. The van der Waals surface area contributed by atoms with Crippen LogP contribution in [-0.4, -0.2) is 37.6 Å². The topological polar surface area (TPSA) is 30.0 Å². The quantitative estimate of drug-likeness (QED) is 0.447. The van der Waals surface area contributed by atoms with E-state index in [0.717, 1.165) is 4.48 Å². The van der Waals surface area contributed by atoms with E-state index in [9.17, 15) is 0 Å². The maximum absolute atomic E-state index is 2.18. The first kappa shape index (κ1) is 10.0. The molecule has 0 aliphatic carbocycles. The molecule has 0 saturated carbocycles. The van der Waals surface area contributed by atoms with E-state index in [0.29, 0.717) is 0 Å². The van der Waals surface area contributed by atoms with Gasteiger partial charge in [0.15, 0.2) is 0 Å². The molecule has 0 aromatic rings. The van der Waals surface area contributed by atoms with Crippen molar-refractivity contribution in [2.45, 2.75) is 6.92 Å². The Hall–Kier alpha value is -0.0800. The van der Waals surface area contributed by atoms with Gasteiger partial charge in [-0.1, -0.05) is 0 Å². The van der Waals surface area contributed by atoms with Crippen molar-refractivity contribution in [1.29, 1.82) is 0 Å². The molecule has 7 heavy (non-hydrogen) atoms. The van der Waals surface area contributed by atoms with Crippen molar-refractivity contribution in [2.24, 2.45) is 0 Å². The summed E-state index contributed by atoms with van der Waals surface area (Å²) >= 11 is 0. The van der Waals surface area contributed by atoms with Crippen LogP contribution in [0.1, 0.15) is 6.92 Å². The summed E-state index contributed by atoms with van der Waals surface area (Å²) < 4.78 is 1.07. The lowest BCUT2D eigenvalue weighted by atomic mass is 10.6. The minimum Gasteiger partial charge on any atom is -0.870 e. The van der Waals surface area contributed by atoms with Gasteiger partial charge in [0, 0.05) is 0 Å². The second kappa shape index (κ2) is 2.99. The van der Waals surface area contributed by atoms with Crippen molar-refractivity contribution in [3.63, 3.8) is 0 Å². The van der Waals surface area contributed by atoms with Crippen LogP contribution in [0.3, 0.4) is 0 Å². The first-order chi connectivity index (χ1) is 2.56. The van der Waals surface area contributed by atoms with Crippen LogP contribution in [0.25, 0.3) is 0 Å². The van der Waals surface area contributed by atoms with Gasteiger partial charge in [0.05, 0.1) is 27.7 Å². The van der Waals surface area contributed by atoms with Gasteiger partial charge in [-0.25, -0.2) is 0 Å². The molecule has 0 aliphatic heterocycles. The SMILES string of the molecule is CC[N+](C)(C)C.[OH-]. The van der Waals surface area contributed by atoms with Crippen LogP contribution in [0.2, 0.25) is 0 Å². The van der Waals surface area contributed by atoms with E-state index in [1.807, 2.05) is 0 Å². The second-order valence-electron chi connectivity index (χ2n) is 2.61. The summed E-state index contributed by atoms with van der Waals surface area (Å²) in [5, 5.41) is 0. The van der Waals surface area contributed by atoms with Gasteiger partial charge in [-0.05, 0) is 6.92 Å². The third-order valence-corrected chi connectivity index (χ3v) is 0.949. The number of nitrogens with zero attached hydrogens (tertiary/aromatic N) is 1. The second-order valence-corrected chi connectivity index (χ2v) is 2.61. The molecule has 0 aromatic carbocycles. The van der Waals surface area contributed by atoms with Crippen LogP contribution in [0.4, 0.5) is 0 Å². The minimum atomic E-state index is 0. The van der Waals surface area contributed by atoms with Gasteiger partial charge in [0.2, 0.25) is 0 Å². The van der Waals surface area contributed by atoms with E-state index in [1.54, 1.807) is 0 Å². The largest absolute Gasteiger partial charge is 0.870 e. The predicted molar refractivity (Wildman–Crippen MR) is 30.5 cm³/mol. The highest BCUT2D eigenvalue weighted by atomic mass is 16.0. The molecule has 0 fully saturated rings. The smallest absolute Gasteiger partial charge is 0.0751 e. The molecule has 0 spiro atoms. The fourth-order valence-corrected chi connectivity index (χ4v) is 0. The van der Waals surface area contributed by atoms with Gasteiger partial charge in [-0.3, -0.25) is 0 Å². The maximum atomic E-state index is 2.18. The monoisotopic (exact) mass is 105 g/mol. The van der Waals surface area contributed by atoms with E-state index in [4.69, 9.17) is 0 Å². The summed E-state index contributed by atoms with van der Waals surface area (Å²) in [5.41, 5.74) is 0. The van der Waals surface area contributed by atoms with E-state index < -0.39 is 0 Å². The number of quaternary nitrogens is 1. The van der Waals surface area contributed by atoms with Crippen molar-refractivity contribution >= 4 is 0 Å². The highest BCUT2D eigenvalue weighted by molar-refractivity contribution is 4.06. The fraction of sp³-hybridized carbons (Fsp3) is 1.00. The van der Waals surface area contributed by atoms with Crippen molar-refractivity contribution in [1.82, 2.24) is 0 Å². The third kappa shape index (κ3) is 10.7. The summed E-state index contributed by atoms with van der Waals surface area (Å²) in [4.78, 5) is 0. The molecule has 0 radical (unpaired) electrons.